The van der Waals surface area contributed by atoms with Crippen molar-refractivity contribution in [1.82, 2.24) is 24.7 Å². The summed E-state index contributed by atoms with van der Waals surface area (Å²) in [6, 6.07) is 6.07. The Morgan fingerprint density at radius 3 is 3.24 bits per heavy atom. The Bertz CT molecular complexity index is 894. The summed E-state index contributed by atoms with van der Waals surface area (Å²) in [6.45, 7) is 0.744. The number of rotatable bonds is 5. The van der Waals surface area contributed by atoms with Gasteiger partial charge in [-0.2, -0.15) is 4.98 Å². The summed E-state index contributed by atoms with van der Waals surface area (Å²) < 4.78 is 7.52. The highest BCUT2D eigenvalue weighted by atomic mass is 16.5. The lowest BCUT2D eigenvalue weighted by atomic mass is 10.1. The fourth-order valence-electron chi connectivity index (χ4n) is 3.05. The van der Waals surface area contributed by atoms with Crippen LogP contribution in [0.5, 0.6) is 0 Å². The van der Waals surface area contributed by atoms with Gasteiger partial charge in [-0.25, -0.2) is 4.98 Å². The van der Waals surface area contributed by atoms with E-state index in [0.29, 0.717) is 24.6 Å². The Morgan fingerprint density at radius 2 is 2.40 bits per heavy atom. The minimum absolute atomic E-state index is 0.0387. The number of fused-ring (bicyclic) bond motifs is 1. The minimum atomic E-state index is -0.112. The summed E-state index contributed by atoms with van der Waals surface area (Å²) in [5.41, 5.74) is 3.10. The summed E-state index contributed by atoms with van der Waals surface area (Å²) >= 11 is 0. The zero-order valence-corrected chi connectivity index (χ0v) is 14.0. The number of carbonyl (C=O) groups is 1. The molecule has 1 fully saturated rings. The van der Waals surface area contributed by atoms with Gasteiger partial charge in [0.25, 0.3) is 0 Å². The van der Waals surface area contributed by atoms with Crippen molar-refractivity contribution in [3.05, 3.63) is 35.9 Å². The van der Waals surface area contributed by atoms with Crippen LogP contribution >= 0.6 is 0 Å². The zero-order valence-electron chi connectivity index (χ0n) is 14.0. The number of hydrogen-bond donors (Lipinski definition) is 2. The van der Waals surface area contributed by atoms with Gasteiger partial charge in [-0.1, -0.05) is 6.07 Å². The van der Waals surface area contributed by atoms with Gasteiger partial charge >= 0.3 is 0 Å². The molecule has 25 heavy (non-hydrogen) atoms. The number of nitrogens with one attached hydrogen (secondary N) is 2. The molecule has 1 atom stereocenters. The fourth-order valence-corrected chi connectivity index (χ4v) is 3.05. The van der Waals surface area contributed by atoms with Crippen LogP contribution in [-0.2, 0) is 23.0 Å². The molecule has 1 amide bonds. The van der Waals surface area contributed by atoms with Gasteiger partial charge in [-0.15, -0.1) is 5.10 Å². The normalized spacial score (nSPS) is 17.2. The van der Waals surface area contributed by atoms with Gasteiger partial charge in [0.05, 0.1) is 17.4 Å². The number of aromatic nitrogens is 5. The van der Waals surface area contributed by atoms with E-state index in [0.717, 1.165) is 36.0 Å². The number of benzene rings is 1. The number of aryl methyl sites for hydroxylation is 2. The Labute approximate surface area is 144 Å². The molecule has 2 aromatic heterocycles. The van der Waals surface area contributed by atoms with Gasteiger partial charge in [-0.3, -0.25) is 15.2 Å². The molecule has 8 nitrogen and oxygen atoms in total. The second-order valence-corrected chi connectivity index (χ2v) is 6.27. The average molecular weight is 340 g/mol. The van der Waals surface area contributed by atoms with Crippen LogP contribution < -0.4 is 5.32 Å². The highest BCUT2D eigenvalue weighted by Crippen LogP contribution is 2.26. The van der Waals surface area contributed by atoms with E-state index in [1.54, 1.807) is 6.33 Å². The lowest BCUT2D eigenvalue weighted by molar-refractivity contribution is -0.116. The molecule has 0 spiro atoms. The van der Waals surface area contributed by atoms with Gasteiger partial charge < -0.3 is 9.30 Å². The second kappa shape index (κ2) is 6.64. The van der Waals surface area contributed by atoms with Crippen molar-refractivity contribution in [3.8, 4) is 0 Å². The first-order valence-electron chi connectivity index (χ1n) is 8.43. The average Bonchev–Trinajstić information content (AvgIpc) is 3.34. The van der Waals surface area contributed by atoms with Crippen LogP contribution in [0.2, 0.25) is 0 Å². The molecule has 0 bridgehead atoms. The summed E-state index contributed by atoms with van der Waals surface area (Å²) in [5.74, 6) is 0.864. The SMILES string of the molecule is Cn1cnc2cc(CCC(=O)Nc3n[nH]c(C4CCCO4)n3)ccc21. The van der Waals surface area contributed by atoms with Gasteiger partial charge in [-0.05, 0) is 37.0 Å². The molecule has 3 aromatic rings. The van der Waals surface area contributed by atoms with Gasteiger partial charge in [0.15, 0.2) is 5.82 Å². The smallest absolute Gasteiger partial charge is 0.248 e. The zero-order chi connectivity index (χ0) is 17.2. The first-order valence-corrected chi connectivity index (χ1v) is 8.43. The molecule has 3 heterocycles. The van der Waals surface area contributed by atoms with Crippen molar-refractivity contribution in [1.29, 1.82) is 0 Å². The predicted molar refractivity (Wildman–Crippen MR) is 92.0 cm³/mol. The maximum atomic E-state index is 12.1. The van der Waals surface area contributed by atoms with Crippen LogP contribution in [0.3, 0.4) is 0 Å². The quantitative estimate of drug-likeness (QED) is 0.741. The highest BCUT2D eigenvalue weighted by molar-refractivity contribution is 5.89. The predicted octanol–water partition coefficient (Wildman–Crippen LogP) is 2.11. The van der Waals surface area contributed by atoms with E-state index in [-0.39, 0.29) is 12.0 Å². The van der Waals surface area contributed by atoms with Crippen LogP contribution in [0.15, 0.2) is 24.5 Å². The number of anilines is 1. The molecule has 8 heteroatoms. The van der Waals surface area contributed by atoms with Crippen LogP contribution in [0.25, 0.3) is 11.0 Å². The number of imidazole rings is 1. The lowest BCUT2D eigenvalue weighted by Crippen LogP contribution is -2.13. The van der Waals surface area contributed by atoms with Crippen molar-refractivity contribution >= 4 is 22.9 Å². The van der Waals surface area contributed by atoms with Crippen molar-refractivity contribution in [2.75, 3.05) is 11.9 Å². The summed E-state index contributed by atoms with van der Waals surface area (Å²) in [4.78, 5) is 20.8. The largest absolute Gasteiger partial charge is 0.370 e. The van der Waals surface area contributed by atoms with Crippen molar-refractivity contribution in [3.63, 3.8) is 0 Å². The number of aromatic amines is 1. The number of ether oxygens (including phenoxy) is 1. The minimum Gasteiger partial charge on any atom is -0.370 e. The monoisotopic (exact) mass is 340 g/mol. The number of hydrogen-bond acceptors (Lipinski definition) is 5. The molecule has 1 aliphatic rings. The third-order valence-electron chi connectivity index (χ3n) is 4.42. The molecule has 0 radical (unpaired) electrons. The number of amides is 1. The topological polar surface area (TPSA) is 97.7 Å². The molecule has 1 aromatic carbocycles. The highest BCUT2D eigenvalue weighted by Gasteiger charge is 2.21. The van der Waals surface area contributed by atoms with Crippen molar-refractivity contribution in [2.45, 2.75) is 31.8 Å². The third kappa shape index (κ3) is 3.39. The molecule has 1 aliphatic heterocycles. The van der Waals surface area contributed by atoms with E-state index >= 15 is 0 Å². The maximum Gasteiger partial charge on any atom is 0.248 e. The molecular weight excluding hydrogens is 320 g/mol. The van der Waals surface area contributed by atoms with Crippen molar-refractivity contribution in [2.24, 2.45) is 7.05 Å². The second-order valence-electron chi connectivity index (χ2n) is 6.27. The van der Waals surface area contributed by atoms with E-state index < -0.39 is 0 Å². The van der Waals surface area contributed by atoms with E-state index in [2.05, 4.69) is 25.5 Å². The Balaban J connectivity index is 1.33. The van der Waals surface area contributed by atoms with Gasteiger partial charge in [0.2, 0.25) is 11.9 Å². The Hall–Kier alpha value is -2.74. The summed E-state index contributed by atoms with van der Waals surface area (Å²) in [5, 5.41) is 9.61. The van der Waals surface area contributed by atoms with E-state index in [4.69, 9.17) is 4.74 Å². The molecule has 1 unspecified atom stereocenters. The molecule has 4 rings (SSSR count). The Morgan fingerprint density at radius 1 is 1.48 bits per heavy atom. The van der Waals surface area contributed by atoms with E-state index in [9.17, 15) is 4.79 Å². The van der Waals surface area contributed by atoms with Crippen LogP contribution in [0.1, 0.15) is 36.8 Å². The molecule has 130 valence electrons. The number of nitrogens with zero attached hydrogens (tertiary/aromatic N) is 4. The summed E-state index contributed by atoms with van der Waals surface area (Å²) in [7, 11) is 1.96. The first kappa shape index (κ1) is 15.8. The van der Waals surface area contributed by atoms with E-state index in [1.807, 2.05) is 29.8 Å². The van der Waals surface area contributed by atoms with Gasteiger partial charge in [0.1, 0.15) is 6.10 Å². The molecule has 0 saturated carbocycles. The maximum absolute atomic E-state index is 12.1. The number of H-pyrrole nitrogens is 1. The third-order valence-corrected chi connectivity index (χ3v) is 4.42. The molecule has 1 saturated heterocycles. The molecular formula is C17H20N6O2. The summed E-state index contributed by atoms with van der Waals surface area (Å²) in [6.07, 6.45) is 4.70. The number of carbonyl (C=O) groups excluding carboxylic acids is 1. The standard InChI is InChI=1S/C17H20N6O2/c1-23-10-18-12-9-11(4-6-13(12)23)5-7-15(24)19-17-20-16(21-22-17)14-3-2-8-25-14/h4,6,9-10,14H,2-3,5,7-8H2,1H3,(H2,19,20,21,22,24). The van der Waals surface area contributed by atoms with Crippen LogP contribution in [0, 0.1) is 0 Å². The molecule has 0 aliphatic carbocycles. The Kier molecular flexibility index (Phi) is 4.19. The lowest BCUT2D eigenvalue weighted by Gasteiger charge is -2.04. The first-order chi connectivity index (χ1) is 12.2. The van der Waals surface area contributed by atoms with Crippen LogP contribution in [-0.4, -0.2) is 37.2 Å². The van der Waals surface area contributed by atoms with Crippen LogP contribution in [0.4, 0.5) is 5.95 Å². The fraction of sp³-hybridized carbons (Fsp3) is 0.412. The van der Waals surface area contributed by atoms with E-state index in [1.165, 1.54) is 0 Å². The van der Waals surface area contributed by atoms with Crippen molar-refractivity contribution < 1.29 is 9.53 Å². The molecule has 2 N–H and O–H groups in total. The van der Waals surface area contributed by atoms with Gasteiger partial charge in [0, 0.05) is 20.1 Å².